The third-order valence-electron chi connectivity index (χ3n) is 2.92. The van der Waals surface area contributed by atoms with E-state index in [0.717, 1.165) is 24.3 Å². The zero-order chi connectivity index (χ0) is 19.1. The van der Waals surface area contributed by atoms with Crippen LogP contribution in [0.1, 0.15) is 18.9 Å². The summed E-state index contributed by atoms with van der Waals surface area (Å²) >= 11 is 0. The van der Waals surface area contributed by atoms with Crippen LogP contribution in [0.4, 0.5) is 11.6 Å². The van der Waals surface area contributed by atoms with Gasteiger partial charge in [-0.05, 0) is 31.0 Å². The Bertz CT molecular complexity index is 630. The van der Waals surface area contributed by atoms with Gasteiger partial charge in [-0.25, -0.2) is 13.4 Å². The van der Waals surface area contributed by atoms with Crippen LogP contribution in [0.25, 0.3) is 0 Å². The molecule has 0 bridgehead atoms. The van der Waals surface area contributed by atoms with Crippen molar-refractivity contribution in [2.75, 3.05) is 55.6 Å². The number of aliphatic hydroxyl groups is 1. The number of pyridine rings is 1. The van der Waals surface area contributed by atoms with Crippen molar-refractivity contribution in [1.82, 2.24) is 4.98 Å². The summed E-state index contributed by atoms with van der Waals surface area (Å²) < 4.78 is 28.0. The second-order valence-electron chi connectivity index (χ2n) is 5.21. The second-order valence-corrected chi connectivity index (χ2v) is 7.52. The summed E-state index contributed by atoms with van der Waals surface area (Å²) in [5, 5.41) is 22.2. The van der Waals surface area contributed by atoms with Crippen LogP contribution < -0.4 is 10.6 Å². The van der Waals surface area contributed by atoms with E-state index in [1.54, 1.807) is 13.2 Å². The highest BCUT2D eigenvalue weighted by molar-refractivity contribution is 7.91. The Morgan fingerprint density at radius 1 is 1.24 bits per heavy atom. The summed E-state index contributed by atoms with van der Waals surface area (Å²) in [7, 11) is -1.55. The zero-order valence-corrected chi connectivity index (χ0v) is 15.9. The number of methoxy groups -OCH3 is 1. The van der Waals surface area contributed by atoms with Crippen molar-refractivity contribution < 1.29 is 18.3 Å². The van der Waals surface area contributed by atoms with Crippen LogP contribution >= 0.6 is 0 Å². The number of anilines is 2. The molecular weight excluding hydrogens is 344 g/mol. The van der Waals surface area contributed by atoms with Crippen molar-refractivity contribution in [3.8, 4) is 6.07 Å². The van der Waals surface area contributed by atoms with Crippen LogP contribution in [0, 0.1) is 18.3 Å². The average molecular weight is 372 g/mol. The molecule has 3 N–H and O–H groups in total. The van der Waals surface area contributed by atoms with Gasteiger partial charge < -0.3 is 20.5 Å². The van der Waals surface area contributed by atoms with E-state index in [9.17, 15) is 8.42 Å². The largest absolute Gasteiger partial charge is 0.395 e. The molecule has 1 heterocycles. The number of hydrogen-bond acceptors (Lipinski definition) is 8. The van der Waals surface area contributed by atoms with E-state index in [4.69, 9.17) is 15.1 Å². The minimum absolute atomic E-state index is 0.0280. The topological polar surface area (TPSA) is 124 Å². The Morgan fingerprint density at radius 2 is 1.80 bits per heavy atom. The fourth-order valence-electron chi connectivity index (χ4n) is 1.86. The number of ether oxygens (including phenoxy) is 1. The van der Waals surface area contributed by atoms with Crippen molar-refractivity contribution in [1.29, 1.82) is 5.26 Å². The minimum atomic E-state index is -3.21. The molecule has 8 nitrogen and oxygen atoms in total. The van der Waals surface area contributed by atoms with E-state index < -0.39 is 9.84 Å². The highest BCUT2D eigenvalue weighted by Gasteiger charge is 2.09. The van der Waals surface area contributed by atoms with Crippen LogP contribution in [-0.4, -0.2) is 63.4 Å². The first-order valence-corrected chi connectivity index (χ1v) is 9.78. The highest BCUT2D eigenvalue weighted by atomic mass is 32.2. The number of aliphatic hydroxyl groups excluding tert-OH is 1. The quantitative estimate of drug-likeness (QED) is 0.495. The first-order valence-electron chi connectivity index (χ1n) is 7.96. The lowest BCUT2D eigenvalue weighted by molar-refractivity contribution is 0.198. The second kappa shape index (κ2) is 13.4. The van der Waals surface area contributed by atoms with Crippen molar-refractivity contribution >= 4 is 21.5 Å². The van der Waals surface area contributed by atoms with Gasteiger partial charge in [0.1, 0.15) is 11.6 Å². The van der Waals surface area contributed by atoms with Gasteiger partial charge in [0, 0.05) is 33.7 Å². The zero-order valence-electron chi connectivity index (χ0n) is 15.1. The van der Waals surface area contributed by atoms with Gasteiger partial charge >= 0.3 is 0 Å². The normalized spacial score (nSPS) is 10.4. The number of aryl methyl sites for hydroxylation is 1. The monoisotopic (exact) mass is 372 g/mol. The molecule has 0 atom stereocenters. The molecule has 0 radical (unpaired) electrons. The molecule has 0 fully saturated rings. The summed E-state index contributed by atoms with van der Waals surface area (Å²) in [5.74, 6) is 1.15. The molecule has 0 amide bonds. The lowest BCUT2D eigenvalue weighted by Crippen LogP contribution is -2.20. The molecule has 0 aliphatic heterocycles. The van der Waals surface area contributed by atoms with Gasteiger partial charge in [-0.15, -0.1) is 0 Å². The van der Waals surface area contributed by atoms with Crippen LogP contribution in [0.2, 0.25) is 0 Å². The number of nitrogens with one attached hydrogen (secondary N) is 2. The van der Waals surface area contributed by atoms with E-state index in [1.807, 2.05) is 19.1 Å². The van der Waals surface area contributed by atoms with Crippen molar-refractivity contribution in [3.05, 3.63) is 17.7 Å². The summed E-state index contributed by atoms with van der Waals surface area (Å²) in [5.41, 5.74) is 1.03. The average Bonchev–Trinajstić information content (AvgIpc) is 2.51. The van der Waals surface area contributed by atoms with Crippen molar-refractivity contribution in [3.63, 3.8) is 0 Å². The lowest BCUT2D eigenvalue weighted by Gasteiger charge is -2.11. The number of nitriles is 1. The van der Waals surface area contributed by atoms with E-state index >= 15 is 0 Å². The third kappa shape index (κ3) is 12.2. The predicted octanol–water partition coefficient (Wildman–Crippen LogP) is 1.19. The molecule has 142 valence electrons. The lowest BCUT2D eigenvalue weighted by atomic mass is 10.3. The standard InChI is InChI=1S/C14H25N3O4S.C2H3N/c1-12-10-13(15-4-3-7-21-2)17-14(11-12)16-5-8-22(19,20)9-6-18;1-2-3/h10-11,18H,3-9H2,1-2H3,(H2,15,16,17);1H3. The molecule has 9 heteroatoms. The van der Waals surface area contributed by atoms with Gasteiger partial charge in [-0.2, -0.15) is 5.26 Å². The molecule has 1 rings (SSSR count). The molecule has 0 aliphatic rings. The van der Waals surface area contributed by atoms with Crippen LogP contribution in [0.5, 0.6) is 0 Å². The Kier molecular flexibility index (Phi) is 12.4. The van der Waals surface area contributed by atoms with Gasteiger partial charge in [-0.1, -0.05) is 0 Å². The van der Waals surface area contributed by atoms with Crippen molar-refractivity contribution in [2.45, 2.75) is 20.3 Å². The Hall–Kier alpha value is -1.89. The number of nitrogens with zero attached hydrogens (tertiary/aromatic N) is 2. The number of hydrogen-bond donors (Lipinski definition) is 3. The molecular formula is C16H28N4O4S. The third-order valence-corrected chi connectivity index (χ3v) is 4.55. The fraction of sp³-hybridized carbons (Fsp3) is 0.625. The number of aromatic nitrogens is 1. The SMILES string of the molecule is CC#N.COCCCNc1cc(C)cc(NCCS(=O)(=O)CCO)n1. The highest BCUT2D eigenvalue weighted by Crippen LogP contribution is 2.13. The van der Waals surface area contributed by atoms with Crippen LogP contribution in [0.3, 0.4) is 0 Å². The van der Waals surface area contributed by atoms with Gasteiger partial charge in [0.05, 0.1) is 24.2 Å². The molecule has 0 saturated carbocycles. The molecule has 25 heavy (non-hydrogen) atoms. The predicted molar refractivity (Wildman–Crippen MR) is 99.5 cm³/mol. The van der Waals surface area contributed by atoms with Gasteiger partial charge in [0.2, 0.25) is 0 Å². The summed E-state index contributed by atoms with van der Waals surface area (Å²) in [6, 6.07) is 5.54. The van der Waals surface area contributed by atoms with E-state index in [0.29, 0.717) is 12.4 Å². The van der Waals surface area contributed by atoms with E-state index in [-0.39, 0.29) is 24.7 Å². The summed E-state index contributed by atoms with van der Waals surface area (Å²) in [6.45, 7) is 4.75. The number of sulfone groups is 1. The number of rotatable bonds is 11. The fourth-order valence-corrected chi connectivity index (χ4v) is 2.75. The Morgan fingerprint density at radius 3 is 2.32 bits per heavy atom. The molecule has 0 aliphatic carbocycles. The van der Waals surface area contributed by atoms with Gasteiger partial charge in [-0.3, -0.25) is 0 Å². The van der Waals surface area contributed by atoms with Gasteiger partial charge in [0.15, 0.2) is 9.84 Å². The molecule has 1 aromatic rings. The van der Waals surface area contributed by atoms with E-state index in [1.165, 1.54) is 6.92 Å². The maximum atomic E-state index is 11.5. The molecule has 1 aromatic heterocycles. The maximum Gasteiger partial charge on any atom is 0.154 e. The Labute approximate surface area is 150 Å². The summed E-state index contributed by atoms with van der Waals surface area (Å²) in [6.07, 6.45) is 0.883. The minimum Gasteiger partial charge on any atom is -0.395 e. The van der Waals surface area contributed by atoms with Crippen molar-refractivity contribution in [2.24, 2.45) is 0 Å². The molecule has 0 unspecified atom stereocenters. The van der Waals surface area contributed by atoms with Crippen LogP contribution in [0.15, 0.2) is 12.1 Å². The smallest absolute Gasteiger partial charge is 0.154 e. The summed E-state index contributed by atoms with van der Waals surface area (Å²) in [4.78, 5) is 4.39. The van der Waals surface area contributed by atoms with E-state index in [2.05, 4.69) is 15.6 Å². The van der Waals surface area contributed by atoms with Gasteiger partial charge in [0.25, 0.3) is 0 Å². The first-order chi connectivity index (χ1) is 11.9. The maximum absolute atomic E-state index is 11.5. The molecule has 0 spiro atoms. The molecule has 0 aromatic carbocycles. The Balaban J connectivity index is 0.00000178. The molecule has 0 saturated heterocycles. The first kappa shape index (κ1) is 23.1. The van der Waals surface area contributed by atoms with Crippen LogP contribution in [-0.2, 0) is 14.6 Å².